The summed E-state index contributed by atoms with van der Waals surface area (Å²) in [6.07, 6.45) is 2.05. The van der Waals surface area contributed by atoms with Crippen molar-refractivity contribution in [3.8, 4) is 0 Å². The van der Waals surface area contributed by atoms with Gasteiger partial charge in [-0.3, -0.25) is 4.79 Å². The first-order chi connectivity index (χ1) is 10.1. The Hall–Kier alpha value is -1.13. The van der Waals surface area contributed by atoms with E-state index in [9.17, 15) is 4.79 Å². The minimum absolute atomic E-state index is 0.0832. The molecule has 0 spiro atoms. The lowest BCUT2D eigenvalue weighted by atomic mass is 10.0. The van der Waals surface area contributed by atoms with Gasteiger partial charge in [-0.05, 0) is 58.1 Å². The number of benzene rings is 2. The van der Waals surface area contributed by atoms with Crippen molar-refractivity contribution in [3.63, 3.8) is 0 Å². The molecule has 0 saturated carbocycles. The maximum absolute atomic E-state index is 12.8. The van der Waals surface area contributed by atoms with Gasteiger partial charge in [-0.25, -0.2) is 0 Å². The molecule has 1 amide bonds. The van der Waals surface area contributed by atoms with Crippen molar-refractivity contribution in [1.29, 1.82) is 0 Å². The van der Waals surface area contributed by atoms with Gasteiger partial charge in [-0.1, -0.05) is 40.2 Å². The number of hydrogen-bond acceptors (Lipinski definition) is 1. The van der Waals surface area contributed by atoms with Crippen LogP contribution in [0.2, 0.25) is 0 Å². The molecule has 4 heteroatoms. The van der Waals surface area contributed by atoms with Gasteiger partial charge in [0.05, 0.1) is 5.56 Å². The standard InChI is InChI=1S/C17H15Br2NO/c18-14-7-8-16(19)15(10-14)17(21)20-9-3-6-12-4-1-2-5-13(12)11-20/h1-2,4-5,7-8,10H,3,6,9,11H2. The zero-order chi connectivity index (χ0) is 14.8. The fourth-order valence-corrected chi connectivity index (χ4v) is 3.48. The topological polar surface area (TPSA) is 20.3 Å². The first kappa shape index (κ1) is 14.8. The molecular formula is C17H15Br2NO. The molecule has 1 aliphatic heterocycles. The third kappa shape index (κ3) is 3.22. The molecule has 0 saturated heterocycles. The highest BCUT2D eigenvalue weighted by Crippen LogP contribution is 2.25. The van der Waals surface area contributed by atoms with E-state index in [2.05, 4.69) is 50.1 Å². The smallest absolute Gasteiger partial charge is 0.255 e. The second-order valence-corrected chi connectivity index (χ2v) is 6.99. The van der Waals surface area contributed by atoms with Gasteiger partial charge in [0, 0.05) is 22.0 Å². The summed E-state index contributed by atoms with van der Waals surface area (Å²) in [5.41, 5.74) is 3.33. The van der Waals surface area contributed by atoms with Gasteiger partial charge in [0.2, 0.25) is 0 Å². The van der Waals surface area contributed by atoms with E-state index in [1.807, 2.05) is 29.2 Å². The maximum Gasteiger partial charge on any atom is 0.255 e. The van der Waals surface area contributed by atoms with Crippen LogP contribution in [0.5, 0.6) is 0 Å². The highest BCUT2D eigenvalue weighted by Gasteiger charge is 2.21. The first-order valence-electron chi connectivity index (χ1n) is 6.96. The van der Waals surface area contributed by atoms with Crippen molar-refractivity contribution in [2.75, 3.05) is 6.54 Å². The summed E-state index contributed by atoms with van der Waals surface area (Å²) in [4.78, 5) is 14.8. The Bertz CT molecular complexity index is 684. The Balaban J connectivity index is 1.90. The van der Waals surface area contributed by atoms with Gasteiger partial charge in [0.25, 0.3) is 5.91 Å². The summed E-state index contributed by atoms with van der Waals surface area (Å²) >= 11 is 6.92. The summed E-state index contributed by atoms with van der Waals surface area (Å²) in [5, 5.41) is 0. The molecule has 0 unspecified atom stereocenters. The Morgan fingerprint density at radius 3 is 2.62 bits per heavy atom. The van der Waals surface area contributed by atoms with E-state index >= 15 is 0 Å². The van der Waals surface area contributed by atoms with Crippen LogP contribution in [0.4, 0.5) is 0 Å². The van der Waals surface area contributed by atoms with Crippen LogP contribution in [0.15, 0.2) is 51.4 Å². The minimum atomic E-state index is 0.0832. The van der Waals surface area contributed by atoms with Crippen LogP contribution in [0.25, 0.3) is 0 Å². The van der Waals surface area contributed by atoms with Gasteiger partial charge in [0.15, 0.2) is 0 Å². The minimum Gasteiger partial charge on any atom is -0.334 e. The van der Waals surface area contributed by atoms with Crippen LogP contribution in [-0.2, 0) is 13.0 Å². The number of aryl methyl sites for hydroxylation is 1. The molecule has 0 aromatic heterocycles. The number of rotatable bonds is 1. The predicted molar refractivity (Wildman–Crippen MR) is 91.3 cm³/mol. The number of halogens is 2. The molecule has 0 bridgehead atoms. The first-order valence-corrected chi connectivity index (χ1v) is 8.55. The van der Waals surface area contributed by atoms with Crippen LogP contribution in [0.3, 0.4) is 0 Å². The van der Waals surface area contributed by atoms with E-state index < -0.39 is 0 Å². The van der Waals surface area contributed by atoms with Gasteiger partial charge in [-0.2, -0.15) is 0 Å². The van der Waals surface area contributed by atoms with Crippen LogP contribution < -0.4 is 0 Å². The molecule has 2 nitrogen and oxygen atoms in total. The number of hydrogen-bond donors (Lipinski definition) is 0. The van der Waals surface area contributed by atoms with E-state index in [-0.39, 0.29) is 5.91 Å². The van der Waals surface area contributed by atoms with E-state index in [0.29, 0.717) is 12.1 Å². The largest absolute Gasteiger partial charge is 0.334 e. The van der Waals surface area contributed by atoms with E-state index in [1.54, 1.807) is 0 Å². The van der Waals surface area contributed by atoms with E-state index in [1.165, 1.54) is 11.1 Å². The molecule has 0 aliphatic carbocycles. The molecular weight excluding hydrogens is 394 g/mol. The summed E-state index contributed by atoms with van der Waals surface area (Å²) in [5.74, 6) is 0.0832. The summed E-state index contributed by atoms with van der Waals surface area (Å²) in [7, 11) is 0. The fourth-order valence-electron chi connectivity index (χ4n) is 2.71. The number of nitrogens with zero attached hydrogens (tertiary/aromatic N) is 1. The molecule has 0 fully saturated rings. The number of carbonyl (C=O) groups excluding carboxylic acids is 1. The highest BCUT2D eigenvalue weighted by atomic mass is 79.9. The number of fused-ring (bicyclic) bond motifs is 1. The normalized spacial score (nSPS) is 14.5. The van der Waals surface area contributed by atoms with Crippen molar-refractivity contribution in [3.05, 3.63) is 68.1 Å². The SMILES string of the molecule is O=C(c1cc(Br)ccc1Br)N1CCCc2ccccc2C1. The molecule has 0 N–H and O–H groups in total. The van der Waals surface area contributed by atoms with Crippen LogP contribution in [0.1, 0.15) is 27.9 Å². The third-order valence-corrected chi connectivity index (χ3v) is 4.98. The molecule has 21 heavy (non-hydrogen) atoms. The molecule has 0 radical (unpaired) electrons. The average molecular weight is 409 g/mol. The second-order valence-electron chi connectivity index (χ2n) is 5.22. The zero-order valence-electron chi connectivity index (χ0n) is 11.5. The van der Waals surface area contributed by atoms with Crippen molar-refractivity contribution in [2.45, 2.75) is 19.4 Å². The summed E-state index contributed by atoms with van der Waals surface area (Å²) in [6.45, 7) is 1.49. The van der Waals surface area contributed by atoms with Gasteiger partial charge >= 0.3 is 0 Å². The quantitative estimate of drug-likeness (QED) is 0.663. The van der Waals surface area contributed by atoms with Crippen LogP contribution in [0, 0.1) is 0 Å². The molecule has 108 valence electrons. The zero-order valence-corrected chi connectivity index (χ0v) is 14.7. The van der Waals surface area contributed by atoms with Gasteiger partial charge in [0.1, 0.15) is 0 Å². The van der Waals surface area contributed by atoms with Crippen molar-refractivity contribution in [2.24, 2.45) is 0 Å². The molecule has 3 rings (SSSR count). The fraction of sp³-hybridized carbons (Fsp3) is 0.235. The van der Waals surface area contributed by atoms with Crippen molar-refractivity contribution in [1.82, 2.24) is 4.90 Å². The lowest BCUT2D eigenvalue weighted by Gasteiger charge is -2.21. The van der Waals surface area contributed by atoms with E-state index in [0.717, 1.165) is 28.3 Å². The third-order valence-electron chi connectivity index (χ3n) is 3.80. The average Bonchev–Trinajstić information content (AvgIpc) is 2.71. The number of amides is 1. The monoisotopic (exact) mass is 407 g/mol. The summed E-state index contributed by atoms with van der Waals surface area (Å²) < 4.78 is 1.76. The second kappa shape index (κ2) is 6.32. The lowest BCUT2D eigenvalue weighted by molar-refractivity contribution is 0.0745. The van der Waals surface area contributed by atoms with Gasteiger partial charge < -0.3 is 4.90 Å². The molecule has 1 heterocycles. The molecule has 2 aromatic rings. The Labute approximate surface area is 141 Å². The number of carbonyl (C=O) groups is 1. The van der Waals surface area contributed by atoms with Crippen LogP contribution >= 0.6 is 31.9 Å². The lowest BCUT2D eigenvalue weighted by Crippen LogP contribution is -2.31. The summed E-state index contributed by atoms with van der Waals surface area (Å²) in [6, 6.07) is 14.1. The Morgan fingerprint density at radius 1 is 1.05 bits per heavy atom. The maximum atomic E-state index is 12.8. The van der Waals surface area contributed by atoms with Crippen LogP contribution in [-0.4, -0.2) is 17.4 Å². The molecule has 1 aliphatic rings. The predicted octanol–water partition coefficient (Wildman–Crippen LogP) is 4.80. The van der Waals surface area contributed by atoms with Crippen molar-refractivity contribution < 1.29 is 4.79 Å². The highest BCUT2D eigenvalue weighted by molar-refractivity contribution is 9.11. The van der Waals surface area contributed by atoms with Gasteiger partial charge in [-0.15, -0.1) is 0 Å². The molecule has 0 atom stereocenters. The Kier molecular flexibility index (Phi) is 4.45. The molecule has 2 aromatic carbocycles. The van der Waals surface area contributed by atoms with E-state index in [4.69, 9.17) is 0 Å². The van der Waals surface area contributed by atoms with Crippen molar-refractivity contribution >= 4 is 37.8 Å². The Morgan fingerprint density at radius 2 is 1.81 bits per heavy atom.